The number of rotatable bonds is 3. The van der Waals surface area contributed by atoms with Gasteiger partial charge in [0.1, 0.15) is 5.82 Å². The molecule has 0 aliphatic heterocycles. The lowest BCUT2D eigenvalue weighted by Gasteiger charge is -2.03. The first kappa shape index (κ1) is 10.7. The fourth-order valence-electron chi connectivity index (χ4n) is 0.975. The molecule has 15 heavy (non-hydrogen) atoms. The maximum absolute atomic E-state index is 11.8. The Morgan fingerprint density at radius 2 is 2.27 bits per heavy atom. The molecule has 0 atom stereocenters. The van der Waals surface area contributed by atoms with Crippen molar-refractivity contribution in [2.45, 2.75) is 4.21 Å². The normalized spacial score (nSPS) is 11.5. The molecule has 0 fully saturated rings. The summed E-state index contributed by atoms with van der Waals surface area (Å²) < 4.78 is 26.8. The standard InChI is InChI=1S/C7H6BrN3O2S2/c8-5-2-4-14-7(5)15(12,13)11-6-1-3-9-10-6/h1-4H,(H2,9,10,11). The SMILES string of the molecule is O=S(=O)(Nc1ccn[nH]1)c1sccc1Br. The van der Waals surface area contributed by atoms with Gasteiger partial charge in [0.15, 0.2) is 4.21 Å². The molecule has 0 unspecified atom stereocenters. The third kappa shape index (κ3) is 2.21. The Hall–Kier alpha value is -0.860. The highest BCUT2D eigenvalue weighted by Gasteiger charge is 2.19. The monoisotopic (exact) mass is 307 g/mol. The van der Waals surface area contributed by atoms with Gasteiger partial charge in [-0.25, -0.2) is 8.42 Å². The van der Waals surface area contributed by atoms with Gasteiger partial charge in [-0.1, -0.05) is 0 Å². The van der Waals surface area contributed by atoms with Crippen LogP contribution in [0.4, 0.5) is 5.82 Å². The van der Waals surface area contributed by atoms with Crippen molar-refractivity contribution in [1.82, 2.24) is 10.2 Å². The van der Waals surface area contributed by atoms with Crippen LogP contribution in [0.5, 0.6) is 0 Å². The summed E-state index contributed by atoms with van der Waals surface area (Å²) >= 11 is 4.32. The summed E-state index contributed by atoms with van der Waals surface area (Å²) in [6.07, 6.45) is 1.47. The molecule has 0 saturated heterocycles. The first-order valence-corrected chi connectivity index (χ1v) is 7.00. The minimum absolute atomic E-state index is 0.247. The van der Waals surface area contributed by atoms with Crippen LogP contribution in [0.15, 0.2) is 32.4 Å². The number of aromatic amines is 1. The molecule has 0 spiro atoms. The number of nitrogens with one attached hydrogen (secondary N) is 2. The average Bonchev–Trinajstić information content (AvgIpc) is 2.75. The maximum Gasteiger partial charge on any atom is 0.273 e. The molecule has 5 nitrogen and oxygen atoms in total. The third-order valence-corrected chi connectivity index (χ3v) is 5.61. The summed E-state index contributed by atoms with van der Waals surface area (Å²) in [5.41, 5.74) is 0. The molecule has 2 aromatic heterocycles. The van der Waals surface area contributed by atoms with Crippen molar-refractivity contribution in [3.05, 3.63) is 28.2 Å². The van der Waals surface area contributed by atoms with E-state index in [9.17, 15) is 8.42 Å². The molecule has 2 heterocycles. The van der Waals surface area contributed by atoms with Crippen LogP contribution in [-0.4, -0.2) is 18.6 Å². The number of H-pyrrole nitrogens is 1. The van der Waals surface area contributed by atoms with Gasteiger partial charge >= 0.3 is 0 Å². The van der Waals surface area contributed by atoms with Crippen molar-refractivity contribution in [1.29, 1.82) is 0 Å². The molecule has 0 aliphatic rings. The molecular weight excluding hydrogens is 302 g/mol. The second-order valence-corrected chi connectivity index (χ2v) is 6.28. The van der Waals surface area contributed by atoms with Gasteiger partial charge in [-0.3, -0.25) is 9.82 Å². The highest BCUT2D eigenvalue weighted by atomic mass is 79.9. The fraction of sp³-hybridized carbons (Fsp3) is 0. The van der Waals surface area contributed by atoms with Gasteiger partial charge in [-0.15, -0.1) is 11.3 Å². The number of anilines is 1. The molecule has 80 valence electrons. The lowest BCUT2D eigenvalue weighted by atomic mass is 10.7. The zero-order valence-corrected chi connectivity index (χ0v) is 10.5. The lowest BCUT2D eigenvalue weighted by molar-refractivity contribution is 0.602. The predicted octanol–water partition coefficient (Wildman–Crippen LogP) is 2.03. The van der Waals surface area contributed by atoms with Crippen LogP contribution in [0.1, 0.15) is 0 Å². The Morgan fingerprint density at radius 1 is 1.47 bits per heavy atom. The van der Waals surface area contributed by atoms with Gasteiger partial charge in [-0.2, -0.15) is 5.10 Å². The summed E-state index contributed by atoms with van der Waals surface area (Å²) in [6, 6.07) is 3.23. The molecule has 0 aliphatic carbocycles. The molecule has 2 aromatic rings. The van der Waals surface area contributed by atoms with E-state index in [0.29, 0.717) is 10.3 Å². The molecule has 2 N–H and O–H groups in total. The summed E-state index contributed by atoms with van der Waals surface area (Å²) in [5.74, 6) is 0.343. The molecule has 2 rings (SSSR count). The first-order chi connectivity index (χ1) is 7.09. The van der Waals surface area contributed by atoms with E-state index in [1.807, 2.05) is 0 Å². The minimum atomic E-state index is -3.52. The topological polar surface area (TPSA) is 74.8 Å². The summed E-state index contributed by atoms with van der Waals surface area (Å²) in [6.45, 7) is 0. The van der Waals surface area contributed by atoms with E-state index in [-0.39, 0.29) is 4.21 Å². The van der Waals surface area contributed by atoms with E-state index >= 15 is 0 Å². The largest absolute Gasteiger partial charge is 0.273 e. The Labute approximate surface area is 98.7 Å². The molecule has 0 amide bonds. The maximum atomic E-state index is 11.8. The molecule has 8 heteroatoms. The van der Waals surface area contributed by atoms with Crippen LogP contribution in [0.3, 0.4) is 0 Å². The van der Waals surface area contributed by atoms with Crippen LogP contribution in [-0.2, 0) is 10.0 Å². The quantitative estimate of drug-likeness (QED) is 0.911. The van der Waals surface area contributed by atoms with Crippen molar-refractivity contribution in [2.75, 3.05) is 4.72 Å². The van der Waals surface area contributed by atoms with E-state index in [1.165, 1.54) is 6.20 Å². The average molecular weight is 308 g/mol. The zero-order valence-electron chi connectivity index (χ0n) is 7.27. The van der Waals surface area contributed by atoms with Crippen LogP contribution in [0.2, 0.25) is 0 Å². The Kier molecular flexibility index (Phi) is 2.81. The zero-order chi connectivity index (χ0) is 10.9. The lowest BCUT2D eigenvalue weighted by Crippen LogP contribution is -2.12. The third-order valence-electron chi connectivity index (χ3n) is 1.57. The van der Waals surface area contributed by atoms with Gasteiger partial charge in [0.05, 0.1) is 6.20 Å². The van der Waals surface area contributed by atoms with Crippen molar-refractivity contribution >= 4 is 43.1 Å². The molecule has 0 aromatic carbocycles. The number of thiophene rings is 1. The van der Waals surface area contributed by atoms with E-state index in [4.69, 9.17) is 0 Å². The minimum Gasteiger partial charge on any atom is -0.263 e. The number of sulfonamides is 1. The van der Waals surface area contributed by atoms with Gasteiger partial charge in [0, 0.05) is 10.5 Å². The highest BCUT2D eigenvalue weighted by molar-refractivity contribution is 9.10. The van der Waals surface area contributed by atoms with E-state index in [1.54, 1.807) is 17.5 Å². The van der Waals surface area contributed by atoms with Crippen LogP contribution < -0.4 is 4.72 Å². The van der Waals surface area contributed by atoms with E-state index < -0.39 is 10.0 Å². The molecule has 0 bridgehead atoms. The van der Waals surface area contributed by atoms with Crippen molar-refractivity contribution < 1.29 is 8.42 Å². The Bertz CT molecular complexity index is 547. The molecule has 0 saturated carbocycles. The number of hydrogen-bond donors (Lipinski definition) is 2. The van der Waals surface area contributed by atoms with Crippen molar-refractivity contribution in [2.24, 2.45) is 0 Å². The summed E-state index contributed by atoms with van der Waals surface area (Å²) in [7, 11) is -3.52. The van der Waals surface area contributed by atoms with Gasteiger partial charge in [-0.05, 0) is 27.4 Å². The Balaban J connectivity index is 2.33. The van der Waals surface area contributed by atoms with Gasteiger partial charge in [0.2, 0.25) is 0 Å². The second-order valence-electron chi connectivity index (χ2n) is 2.63. The van der Waals surface area contributed by atoms with Gasteiger partial charge < -0.3 is 0 Å². The highest BCUT2D eigenvalue weighted by Crippen LogP contribution is 2.28. The van der Waals surface area contributed by atoms with E-state index in [2.05, 4.69) is 30.8 Å². The first-order valence-electron chi connectivity index (χ1n) is 3.85. The Morgan fingerprint density at radius 3 is 2.80 bits per heavy atom. The predicted molar refractivity (Wildman–Crippen MR) is 61.4 cm³/mol. The van der Waals surface area contributed by atoms with Crippen molar-refractivity contribution in [3.63, 3.8) is 0 Å². The second kappa shape index (κ2) is 3.95. The number of halogens is 1. The van der Waals surface area contributed by atoms with Crippen LogP contribution in [0, 0.1) is 0 Å². The molecule has 0 radical (unpaired) electrons. The summed E-state index contributed by atoms with van der Waals surface area (Å²) in [4.78, 5) is 0. The summed E-state index contributed by atoms with van der Waals surface area (Å²) in [5, 5.41) is 7.87. The smallest absolute Gasteiger partial charge is 0.263 e. The van der Waals surface area contributed by atoms with E-state index in [0.717, 1.165) is 11.3 Å². The number of nitrogens with zero attached hydrogens (tertiary/aromatic N) is 1. The fourth-order valence-corrected chi connectivity index (χ4v) is 4.33. The number of hydrogen-bond acceptors (Lipinski definition) is 4. The van der Waals surface area contributed by atoms with Gasteiger partial charge in [0.25, 0.3) is 10.0 Å². The van der Waals surface area contributed by atoms with Crippen LogP contribution in [0.25, 0.3) is 0 Å². The number of aromatic nitrogens is 2. The van der Waals surface area contributed by atoms with Crippen LogP contribution >= 0.6 is 27.3 Å². The molecular formula is C7H6BrN3O2S2. The van der Waals surface area contributed by atoms with Crippen molar-refractivity contribution in [3.8, 4) is 0 Å².